The van der Waals surface area contributed by atoms with Gasteiger partial charge in [0.2, 0.25) is 5.91 Å². The molecule has 6 nitrogen and oxygen atoms in total. The van der Waals surface area contributed by atoms with Crippen LogP contribution in [0.15, 0.2) is 77.7 Å². The largest absolute Gasteiger partial charge is 0.489 e. The average Bonchev–Trinajstić information content (AvgIpc) is 2.74. The molecule has 0 fully saturated rings. The number of carbonyl (C=O) groups excluding carboxylic acids is 1. The summed E-state index contributed by atoms with van der Waals surface area (Å²) in [6.07, 6.45) is -0.0703. The molecule has 1 N–H and O–H groups in total. The van der Waals surface area contributed by atoms with E-state index in [9.17, 15) is 13.2 Å². The van der Waals surface area contributed by atoms with Crippen LogP contribution in [0.5, 0.6) is 5.75 Å². The summed E-state index contributed by atoms with van der Waals surface area (Å²) in [6.45, 7) is 7.21. The first kappa shape index (κ1) is 23.3. The SMILES string of the molecule is Cc1ccc(N(CC(=O)Nc2ccccc2OC(C)C)S(=O)(=O)c2ccc(C)cc2)cc1. The molecule has 0 aliphatic rings. The lowest BCUT2D eigenvalue weighted by molar-refractivity contribution is -0.114. The van der Waals surface area contributed by atoms with Crippen LogP contribution in [0.1, 0.15) is 25.0 Å². The number of hydrogen-bond donors (Lipinski definition) is 1. The number of anilines is 2. The van der Waals surface area contributed by atoms with Gasteiger partial charge >= 0.3 is 0 Å². The maximum absolute atomic E-state index is 13.5. The van der Waals surface area contributed by atoms with Gasteiger partial charge in [-0.15, -0.1) is 0 Å². The summed E-state index contributed by atoms with van der Waals surface area (Å²) >= 11 is 0. The Bertz CT molecular complexity index is 1170. The van der Waals surface area contributed by atoms with E-state index in [0.29, 0.717) is 17.1 Å². The molecule has 0 saturated carbocycles. The summed E-state index contributed by atoms with van der Waals surface area (Å²) in [4.78, 5) is 13.1. The van der Waals surface area contributed by atoms with Crippen molar-refractivity contribution in [1.82, 2.24) is 0 Å². The fourth-order valence-corrected chi connectivity index (χ4v) is 4.53. The van der Waals surface area contributed by atoms with Gasteiger partial charge in [0.05, 0.1) is 22.4 Å². The van der Waals surface area contributed by atoms with Crippen LogP contribution in [0.4, 0.5) is 11.4 Å². The minimum Gasteiger partial charge on any atom is -0.489 e. The number of hydrogen-bond acceptors (Lipinski definition) is 4. The van der Waals surface area contributed by atoms with E-state index in [2.05, 4.69) is 5.32 Å². The minimum atomic E-state index is -3.96. The summed E-state index contributed by atoms with van der Waals surface area (Å²) in [6, 6.07) is 20.7. The zero-order valence-electron chi connectivity index (χ0n) is 18.7. The van der Waals surface area contributed by atoms with Crippen LogP contribution in [-0.4, -0.2) is 27.0 Å². The highest BCUT2D eigenvalue weighted by Crippen LogP contribution is 2.27. The Morgan fingerprint density at radius 1 is 0.906 bits per heavy atom. The topological polar surface area (TPSA) is 75.7 Å². The Kier molecular flexibility index (Phi) is 7.20. The van der Waals surface area contributed by atoms with Crippen LogP contribution in [0.25, 0.3) is 0 Å². The number of ether oxygens (including phenoxy) is 1. The van der Waals surface area contributed by atoms with Crippen molar-refractivity contribution in [1.29, 1.82) is 0 Å². The minimum absolute atomic E-state index is 0.0703. The maximum Gasteiger partial charge on any atom is 0.264 e. The number of nitrogens with zero attached hydrogens (tertiary/aromatic N) is 1. The molecule has 0 aliphatic carbocycles. The van der Waals surface area contributed by atoms with Crippen molar-refractivity contribution in [2.24, 2.45) is 0 Å². The third-order valence-electron chi connectivity index (χ3n) is 4.74. The van der Waals surface area contributed by atoms with Crippen molar-refractivity contribution in [3.63, 3.8) is 0 Å². The Balaban J connectivity index is 1.92. The smallest absolute Gasteiger partial charge is 0.264 e. The number of carbonyl (C=O) groups is 1. The van der Waals surface area contributed by atoms with E-state index in [-0.39, 0.29) is 17.5 Å². The molecule has 0 aromatic heterocycles. The van der Waals surface area contributed by atoms with Crippen molar-refractivity contribution in [3.05, 3.63) is 83.9 Å². The monoisotopic (exact) mass is 452 g/mol. The highest BCUT2D eigenvalue weighted by atomic mass is 32.2. The van der Waals surface area contributed by atoms with Gasteiger partial charge in [-0.1, -0.05) is 47.5 Å². The first-order valence-corrected chi connectivity index (χ1v) is 11.8. The molecule has 0 heterocycles. The summed E-state index contributed by atoms with van der Waals surface area (Å²) in [5.74, 6) is 0.0557. The van der Waals surface area contributed by atoms with Crippen molar-refractivity contribution in [2.45, 2.75) is 38.7 Å². The number of rotatable bonds is 8. The first-order chi connectivity index (χ1) is 15.2. The number of sulfonamides is 1. The average molecular weight is 453 g/mol. The van der Waals surface area contributed by atoms with Crippen LogP contribution in [0, 0.1) is 13.8 Å². The number of aryl methyl sites for hydroxylation is 2. The van der Waals surface area contributed by atoms with Crippen molar-refractivity contribution < 1.29 is 17.9 Å². The maximum atomic E-state index is 13.5. The fourth-order valence-electron chi connectivity index (χ4n) is 3.11. The summed E-state index contributed by atoms with van der Waals surface area (Å²) < 4.78 is 33.8. The third-order valence-corrected chi connectivity index (χ3v) is 6.53. The van der Waals surface area contributed by atoms with E-state index in [1.54, 1.807) is 54.6 Å². The van der Waals surface area contributed by atoms with Gasteiger partial charge in [0.25, 0.3) is 10.0 Å². The van der Waals surface area contributed by atoms with Gasteiger partial charge in [-0.3, -0.25) is 9.10 Å². The molecule has 0 radical (unpaired) electrons. The van der Waals surface area contributed by atoms with Crippen LogP contribution in [0.2, 0.25) is 0 Å². The van der Waals surface area contributed by atoms with E-state index in [0.717, 1.165) is 15.4 Å². The molecular weight excluding hydrogens is 424 g/mol. The second-order valence-electron chi connectivity index (χ2n) is 7.87. The predicted octanol–water partition coefficient (Wildman–Crippen LogP) is 4.92. The van der Waals surface area contributed by atoms with Gasteiger partial charge in [-0.2, -0.15) is 0 Å². The van der Waals surface area contributed by atoms with Crippen LogP contribution < -0.4 is 14.4 Å². The van der Waals surface area contributed by atoms with E-state index < -0.39 is 15.9 Å². The molecule has 7 heteroatoms. The zero-order valence-corrected chi connectivity index (χ0v) is 19.5. The van der Waals surface area contributed by atoms with Gasteiger partial charge in [-0.05, 0) is 64.1 Å². The quantitative estimate of drug-likeness (QED) is 0.526. The second-order valence-corrected chi connectivity index (χ2v) is 9.73. The van der Waals surface area contributed by atoms with Crippen LogP contribution >= 0.6 is 0 Å². The van der Waals surface area contributed by atoms with Crippen LogP contribution in [-0.2, 0) is 14.8 Å². The lowest BCUT2D eigenvalue weighted by Gasteiger charge is -2.24. The van der Waals surface area contributed by atoms with Crippen molar-refractivity contribution in [3.8, 4) is 5.75 Å². The molecule has 1 amide bonds. The molecule has 3 aromatic rings. The summed E-state index contributed by atoms with van der Waals surface area (Å²) in [5, 5.41) is 2.79. The fraction of sp³-hybridized carbons (Fsp3) is 0.240. The van der Waals surface area contributed by atoms with Gasteiger partial charge in [0, 0.05) is 0 Å². The Labute approximate surface area is 189 Å². The molecule has 0 unspecified atom stereocenters. The number of para-hydroxylation sites is 2. The zero-order chi connectivity index (χ0) is 23.3. The third kappa shape index (κ3) is 5.68. The van der Waals surface area contributed by atoms with Gasteiger partial charge in [0.1, 0.15) is 12.3 Å². The Morgan fingerprint density at radius 3 is 2.06 bits per heavy atom. The molecular formula is C25H28N2O4S. The molecule has 0 spiro atoms. The predicted molar refractivity (Wildman–Crippen MR) is 128 cm³/mol. The molecule has 32 heavy (non-hydrogen) atoms. The van der Waals surface area contributed by atoms with Crippen molar-refractivity contribution in [2.75, 3.05) is 16.2 Å². The van der Waals surface area contributed by atoms with Crippen molar-refractivity contribution >= 4 is 27.3 Å². The van der Waals surface area contributed by atoms with Crippen LogP contribution in [0.3, 0.4) is 0 Å². The van der Waals surface area contributed by atoms with Gasteiger partial charge < -0.3 is 10.1 Å². The number of nitrogens with one attached hydrogen (secondary N) is 1. The highest BCUT2D eigenvalue weighted by molar-refractivity contribution is 7.92. The number of benzene rings is 3. The molecule has 3 rings (SSSR count). The van der Waals surface area contributed by atoms with E-state index >= 15 is 0 Å². The summed E-state index contributed by atoms with van der Waals surface area (Å²) in [5.41, 5.74) is 2.84. The highest BCUT2D eigenvalue weighted by Gasteiger charge is 2.27. The molecule has 0 aliphatic heterocycles. The normalized spacial score (nSPS) is 11.3. The molecule has 168 valence electrons. The molecule has 0 saturated heterocycles. The lowest BCUT2D eigenvalue weighted by Crippen LogP contribution is -2.38. The Hall–Kier alpha value is -3.32. The molecule has 3 aromatic carbocycles. The van der Waals surface area contributed by atoms with E-state index in [1.807, 2.05) is 45.9 Å². The van der Waals surface area contributed by atoms with E-state index in [4.69, 9.17) is 4.74 Å². The standard InChI is InChI=1S/C25H28N2O4S/c1-18(2)31-24-8-6-5-7-23(24)26-25(28)17-27(21-13-9-19(3)10-14-21)32(29,30)22-15-11-20(4)12-16-22/h5-16,18H,17H2,1-4H3,(H,26,28). The van der Waals surface area contributed by atoms with Gasteiger partial charge in [0.15, 0.2) is 0 Å². The summed E-state index contributed by atoms with van der Waals surface area (Å²) in [7, 11) is -3.96. The lowest BCUT2D eigenvalue weighted by atomic mass is 10.2. The first-order valence-electron chi connectivity index (χ1n) is 10.4. The number of amides is 1. The van der Waals surface area contributed by atoms with Gasteiger partial charge in [-0.25, -0.2) is 8.42 Å². The molecule has 0 atom stereocenters. The Morgan fingerprint density at radius 2 is 1.47 bits per heavy atom. The molecule has 0 bridgehead atoms. The second kappa shape index (κ2) is 9.87. The van der Waals surface area contributed by atoms with E-state index in [1.165, 1.54) is 0 Å².